The first-order valence-electron chi connectivity index (χ1n) is 6.13. The molecule has 0 saturated carbocycles. The summed E-state index contributed by atoms with van der Waals surface area (Å²) < 4.78 is 5.95. The fraction of sp³-hybridized carbons (Fsp3) is 0.400. The predicted octanol–water partition coefficient (Wildman–Crippen LogP) is 3.65. The molecule has 0 spiro atoms. The van der Waals surface area contributed by atoms with Crippen LogP contribution in [0.1, 0.15) is 31.4 Å². The molecule has 0 aliphatic carbocycles. The summed E-state index contributed by atoms with van der Waals surface area (Å²) in [7, 11) is 0. The maximum Gasteiger partial charge on any atom is 0.217 e. The molecule has 2 aromatic rings. The summed E-state index contributed by atoms with van der Waals surface area (Å²) in [4.78, 5) is 4.63. The molecule has 88 valence electrons. The van der Waals surface area contributed by atoms with Gasteiger partial charge in [0.2, 0.25) is 5.88 Å². The van der Waals surface area contributed by atoms with Gasteiger partial charge in [-0.3, -0.25) is 0 Å². The first-order chi connectivity index (χ1) is 8.03. The van der Waals surface area contributed by atoms with E-state index < -0.39 is 0 Å². The second-order valence-corrected chi connectivity index (χ2v) is 5.51. The molecule has 2 heterocycles. The summed E-state index contributed by atoms with van der Waals surface area (Å²) in [5, 5.41) is 1.21. The van der Waals surface area contributed by atoms with E-state index in [1.807, 2.05) is 0 Å². The smallest absolute Gasteiger partial charge is 0.217 e. The zero-order valence-corrected chi connectivity index (χ0v) is 10.6. The Hall–Kier alpha value is -1.57. The molecular weight excluding hydrogens is 210 g/mol. The van der Waals surface area contributed by atoms with Crippen LogP contribution in [0, 0.1) is 6.92 Å². The van der Waals surface area contributed by atoms with E-state index in [1.165, 1.54) is 16.5 Å². The molecule has 0 bridgehead atoms. The lowest BCUT2D eigenvalue weighted by atomic mass is 9.95. The Bertz CT molecular complexity index is 587. The van der Waals surface area contributed by atoms with E-state index in [4.69, 9.17) is 4.74 Å². The molecule has 0 radical (unpaired) electrons. The third-order valence-electron chi connectivity index (χ3n) is 3.38. The number of aromatic nitrogens is 1. The lowest BCUT2D eigenvalue weighted by Crippen LogP contribution is -2.33. The van der Waals surface area contributed by atoms with Crippen LogP contribution in [0.5, 0.6) is 5.88 Å². The first-order valence-corrected chi connectivity index (χ1v) is 6.13. The van der Waals surface area contributed by atoms with Crippen molar-refractivity contribution >= 4 is 10.9 Å². The van der Waals surface area contributed by atoms with Gasteiger partial charge in [-0.05, 0) is 51.8 Å². The van der Waals surface area contributed by atoms with Gasteiger partial charge < -0.3 is 4.74 Å². The minimum Gasteiger partial charge on any atom is -0.471 e. The highest BCUT2D eigenvalue weighted by Crippen LogP contribution is 2.33. The quantitative estimate of drug-likeness (QED) is 0.685. The Labute approximate surface area is 102 Å². The summed E-state index contributed by atoms with van der Waals surface area (Å²) >= 11 is 0. The van der Waals surface area contributed by atoms with E-state index in [2.05, 4.69) is 50.0 Å². The Morgan fingerprint density at radius 3 is 2.88 bits per heavy atom. The fourth-order valence-electron chi connectivity index (χ4n) is 2.34. The van der Waals surface area contributed by atoms with Crippen molar-refractivity contribution in [2.24, 2.45) is 0 Å². The van der Waals surface area contributed by atoms with E-state index >= 15 is 0 Å². The van der Waals surface area contributed by atoms with E-state index in [9.17, 15) is 0 Å². The van der Waals surface area contributed by atoms with Crippen LogP contribution in [-0.2, 0) is 6.42 Å². The zero-order valence-electron chi connectivity index (χ0n) is 10.6. The monoisotopic (exact) mass is 227 g/mol. The average Bonchev–Trinajstić information content (AvgIpc) is 2.26. The lowest BCUT2D eigenvalue weighted by Gasteiger charge is -2.31. The molecule has 2 nitrogen and oxygen atoms in total. The van der Waals surface area contributed by atoms with Gasteiger partial charge >= 0.3 is 0 Å². The normalized spacial score (nSPS) is 17.6. The van der Waals surface area contributed by atoms with E-state index in [1.54, 1.807) is 0 Å². The van der Waals surface area contributed by atoms with Crippen molar-refractivity contribution in [3.63, 3.8) is 0 Å². The zero-order chi connectivity index (χ0) is 12.0. The highest BCUT2D eigenvalue weighted by molar-refractivity contribution is 5.81. The van der Waals surface area contributed by atoms with Crippen molar-refractivity contribution in [2.45, 2.75) is 39.2 Å². The van der Waals surface area contributed by atoms with Gasteiger partial charge in [0.15, 0.2) is 0 Å². The Morgan fingerprint density at radius 2 is 2.06 bits per heavy atom. The molecule has 0 amide bonds. The molecule has 0 N–H and O–H groups in total. The molecule has 1 aromatic carbocycles. The molecule has 3 rings (SSSR count). The molecule has 0 atom stereocenters. The Balaban J connectivity index is 2.17. The third-order valence-corrected chi connectivity index (χ3v) is 3.38. The molecular formula is C15H17NO. The number of rotatable bonds is 0. The molecule has 0 saturated heterocycles. The van der Waals surface area contributed by atoms with Gasteiger partial charge in [-0.15, -0.1) is 0 Å². The third kappa shape index (κ3) is 1.88. The van der Waals surface area contributed by atoms with Gasteiger partial charge in [0.25, 0.3) is 0 Å². The predicted molar refractivity (Wildman–Crippen MR) is 69.5 cm³/mol. The van der Waals surface area contributed by atoms with Crippen LogP contribution >= 0.6 is 0 Å². The SMILES string of the molecule is Cc1ccc2nc3c(cc2c1)CCC(C)(C)O3. The first kappa shape index (κ1) is 10.6. The van der Waals surface area contributed by atoms with Gasteiger partial charge in [-0.1, -0.05) is 11.6 Å². The molecule has 1 aliphatic rings. The number of benzene rings is 1. The fourth-order valence-corrected chi connectivity index (χ4v) is 2.34. The summed E-state index contributed by atoms with van der Waals surface area (Å²) in [5.74, 6) is 0.817. The van der Waals surface area contributed by atoms with Gasteiger partial charge in [0, 0.05) is 10.9 Å². The lowest BCUT2D eigenvalue weighted by molar-refractivity contribution is 0.0789. The number of hydrogen-bond acceptors (Lipinski definition) is 2. The van der Waals surface area contributed by atoms with Crippen LogP contribution in [0.25, 0.3) is 10.9 Å². The summed E-state index contributed by atoms with van der Waals surface area (Å²) in [6.45, 7) is 6.35. The summed E-state index contributed by atoms with van der Waals surface area (Å²) in [6.07, 6.45) is 2.11. The molecule has 1 aromatic heterocycles. The highest BCUT2D eigenvalue weighted by Gasteiger charge is 2.27. The summed E-state index contributed by atoms with van der Waals surface area (Å²) in [6, 6.07) is 8.56. The van der Waals surface area contributed by atoms with Crippen LogP contribution in [0.2, 0.25) is 0 Å². The number of hydrogen-bond donors (Lipinski definition) is 0. The van der Waals surface area contributed by atoms with Crippen LogP contribution in [0.3, 0.4) is 0 Å². The highest BCUT2D eigenvalue weighted by atomic mass is 16.5. The van der Waals surface area contributed by atoms with Crippen molar-refractivity contribution in [3.05, 3.63) is 35.4 Å². The van der Waals surface area contributed by atoms with Crippen LogP contribution in [0.4, 0.5) is 0 Å². The van der Waals surface area contributed by atoms with Gasteiger partial charge in [0.1, 0.15) is 5.60 Å². The van der Waals surface area contributed by atoms with Crippen LogP contribution in [-0.4, -0.2) is 10.6 Å². The number of nitrogens with zero attached hydrogens (tertiary/aromatic N) is 1. The van der Waals surface area contributed by atoms with Crippen LogP contribution in [0.15, 0.2) is 24.3 Å². The van der Waals surface area contributed by atoms with Gasteiger partial charge in [-0.2, -0.15) is 0 Å². The molecule has 2 heteroatoms. The maximum absolute atomic E-state index is 5.95. The molecule has 17 heavy (non-hydrogen) atoms. The molecule has 0 fully saturated rings. The van der Waals surface area contributed by atoms with Crippen molar-refractivity contribution in [3.8, 4) is 5.88 Å². The maximum atomic E-state index is 5.95. The van der Waals surface area contributed by atoms with Crippen molar-refractivity contribution in [1.29, 1.82) is 0 Å². The second kappa shape index (κ2) is 3.46. The number of fused-ring (bicyclic) bond motifs is 2. The standard InChI is InChI=1S/C15H17NO/c1-10-4-5-13-12(8-10)9-11-6-7-15(2,3)17-14(11)16-13/h4-5,8-9H,6-7H2,1-3H3. The number of ether oxygens (including phenoxy) is 1. The van der Waals surface area contributed by atoms with Crippen molar-refractivity contribution in [2.75, 3.05) is 0 Å². The van der Waals surface area contributed by atoms with Gasteiger partial charge in [-0.25, -0.2) is 4.98 Å². The Kier molecular flexibility index (Phi) is 2.15. The van der Waals surface area contributed by atoms with Crippen molar-refractivity contribution in [1.82, 2.24) is 4.98 Å². The van der Waals surface area contributed by atoms with Gasteiger partial charge in [0.05, 0.1) is 5.52 Å². The van der Waals surface area contributed by atoms with E-state index in [-0.39, 0.29) is 5.60 Å². The van der Waals surface area contributed by atoms with Crippen LogP contribution < -0.4 is 4.74 Å². The second-order valence-electron chi connectivity index (χ2n) is 5.51. The topological polar surface area (TPSA) is 22.1 Å². The molecule has 0 unspecified atom stereocenters. The van der Waals surface area contributed by atoms with Crippen molar-refractivity contribution < 1.29 is 4.74 Å². The Morgan fingerprint density at radius 1 is 1.24 bits per heavy atom. The summed E-state index contributed by atoms with van der Waals surface area (Å²) in [5.41, 5.74) is 3.45. The van der Waals surface area contributed by atoms with E-state index in [0.717, 1.165) is 24.2 Å². The average molecular weight is 227 g/mol. The minimum absolute atomic E-state index is 0.0849. The number of pyridine rings is 1. The largest absolute Gasteiger partial charge is 0.471 e. The molecule has 1 aliphatic heterocycles. The number of aryl methyl sites for hydroxylation is 2. The van der Waals surface area contributed by atoms with E-state index in [0.29, 0.717) is 0 Å². The minimum atomic E-state index is -0.0849.